The fraction of sp³-hybridized carbons (Fsp3) is 1.00. The smallest absolute Gasteiger partial charge is 0.0139 e. The van der Waals surface area contributed by atoms with Crippen LogP contribution in [-0.2, 0) is 0 Å². The first-order chi connectivity index (χ1) is 5.72. The number of nitrogens with two attached hydrogens (primary N) is 1. The van der Waals surface area contributed by atoms with Crippen molar-refractivity contribution in [3.8, 4) is 0 Å². The molecule has 0 amide bonds. The van der Waals surface area contributed by atoms with Crippen LogP contribution in [0, 0.1) is 5.92 Å². The molecule has 2 nitrogen and oxygen atoms in total. The Morgan fingerprint density at radius 3 is 2.50 bits per heavy atom. The van der Waals surface area contributed by atoms with Crippen LogP contribution in [0.3, 0.4) is 0 Å². The van der Waals surface area contributed by atoms with Crippen LogP contribution in [0.2, 0.25) is 0 Å². The lowest BCUT2D eigenvalue weighted by molar-refractivity contribution is 0.178. The molecule has 0 aromatic carbocycles. The van der Waals surface area contributed by atoms with E-state index in [9.17, 15) is 0 Å². The van der Waals surface area contributed by atoms with E-state index in [1.165, 1.54) is 25.8 Å². The summed E-state index contributed by atoms with van der Waals surface area (Å²) in [6.45, 7) is 7.80. The molecule has 0 saturated heterocycles. The molecule has 1 aliphatic rings. The van der Waals surface area contributed by atoms with Gasteiger partial charge in [-0.1, -0.05) is 13.3 Å². The summed E-state index contributed by atoms with van der Waals surface area (Å²) < 4.78 is 0. The summed E-state index contributed by atoms with van der Waals surface area (Å²) in [7, 11) is 0. The summed E-state index contributed by atoms with van der Waals surface area (Å²) in [4.78, 5) is 2.48. The second kappa shape index (κ2) is 4.83. The largest absolute Gasteiger partial charge is 0.327 e. The van der Waals surface area contributed by atoms with E-state index < -0.39 is 0 Å². The SMILES string of the molecule is CCN(CC1CCC1)C[C@H](C)N. The highest BCUT2D eigenvalue weighted by Crippen LogP contribution is 2.26. The zero-order valence-electron chi connectivity index (χ0n) is 8.42. The third kappa shape index (κ3) is 3.11. The molecule has 12 heavy (non-hydrogen) atoms. The third-order valence-electron chi connectivity index (χ3n) is 2.73. The molecule has 0 unspecified atom stereocenters. The minimum absolute atomic E-state index is 0.324. The molecule has 1 atom stereocenters. The molecule has 0 aromatic heterocycles. The number of likely N-dealkylation sites (N-methyl/N-ethyl adjacent to an activating group) is 1. The van der Waals surface area contributed by atoms with E-state index in [-0.39, 0.29) is 0 Å². The van der Waals surface area contributed by atoms with E-state index in [0.29, 0.717) is 6.04 Å². The molecule has 0 bridgehead atoms. The Hall–Kier alpha value is -0.0800. The van der Waals surface area contributed by atoms with Gasteiger partial charge < -0.3 is 10.6 Å². The lowest BCUT2D eigenvalue weighted by Crippen LogP contribution is -2.39. The van der Waals surface area contributed by atoms with Crippen molar-refractivity contribution in [2.45, 2.75) is 39.2 Å². The van der Waals surface area contributed by atoms with Gasteiger partial charge in [0, 0.05) is 19.1 Å². The molecule has 1 fully saturated rings. The Morgan fingerprint density at radius 1 is 1.50 bits per heavy atom. The number of rotatable bonds is 5. The van der Waals surface area contributed by atoms with Crippen LogP contribution >= 0.6 is 0 Å². The van der Waals surface area contributed by atoms with Crippen LogP contribution in [0.5, 0.6) is 0 Å². The van der Waals surface area contributed by atoms with Gasteiger partial charge in [-0.25, -0.2) is 0 Å². The van der Waals surface area contributed by atoms with Gasteiger partial charge in [0.2, 0.25) is 0 Å². The van der Waals surface area contributed by atoms with Crippen molar-refractivity contribution in [3.63, 3.8) is 0 Å². The molecule has 72 valence electrons. The van der Waals surface area contributed by atoms with E-state index in [4.69, 9.17) is 5.73 Å². The normalized spacial score (nSPS) is 21.0. The molecule has 0 aliphatic heterocycles. The summed E-state index contributed by atoms with van der Waals surface area (Å²) in [5.74, 6) is 0.976. The first kappa shape index (κ1) is 10.0. The molecule has 2 N–H and O–H groups in total. The molecule has 0 aromatic rings. The predicted molar refractivity (Wildman–Crippen MR) is 53.1 cm³/mol. The van der Waals surface area contributed by atoms with E-state index in [2.05, 4.69) is 18.7 Å². The number of hydrogen-bond donors (Lipinski definition) is 1. The van der Waals surface area contributed by atoms with Gasteiger partial charge in [-0.15, -0.1) is 0 Å². The van der Waals surface area contributed by atoms with Crippen molar-refractivity contribution in [2.75, 3.05) is 19.6 Å². The van der Waals surface area contributed by atoms with Gasteiger partial charge in [-0.05, 0) is 32.2 Å². The maximum atomic E-state index is 5.76. The van der Waals surface area contributed by atoms with Gasteiger partial charge in [0.25, 0.3) is 0 Å². The van der Waals surface area contributed by atoms with Gasteiger partial charge in [0.05, 0.1) is 0 Å². The molecular formula is C10H22N2. The Morgan fingerprint density at radius 2 is 2.17 bits per heavy atom. The van der Waals surface area contributed by atoms with Crippen LogP contribution in [0.15, 0.2) is 0 Å². The van der Waals surface area contributed by atoms with Gasteiger partial charge in [-0.3, -0.25) is 0 Å². The van der Waals surface area contributed by atoms with Crippen molar-refractivity contribution in [1.82, 2.24) is 4.90 Å². The number of hydrogen-bond acceptors (Lipinski definition) is 2. The van der Waals surface area contributed by atoms with Crippen molar-refractivity contribution >= 4 is 0 Å². The summed E-state index contributed by atoms with van der Waals surface area (Å²) >= 11 is 0. The molecule has 0 heterocycles. The van der Waals surface area contributed by atoms with Gasteiger partial charge >= 0.3 is 0 Å². The van der Waals surface area contributed by atoms with Crippen LogP contribution in [-0.4, -0.2) is 30.6 Å². The highest BCUT2D eigenvalue weighted by molar-refractivity contribution is 4.74. The summed E-state index contributed by atoms with van der Waals surface area (Å²) in [5.41, 5.74) is 5.76. The zero-order chi connectivity index (χ0) is 8.97. The van der Waals surface area contributed by atoms with Gasteiger partial charge in [0.1, 0.15) is 0 Å². The standard InChI is InChI=1S/C10H22N2/c1-3-12(7-9(2)11)8-10-5-4-6-10/h9-10H,3-8,11H2,1-2H3/t9-/m0/s1. The fourth-order valence-electron chi connectivity index (χ4n) is 1.78. The maximum absolute atomic E-state index is 5.76. The predicted octanol–water partition coefficient (Wildman–Crippen LogP) is 1.46. The Kier molecular flexibility index (Phi) is 4.02. The average molecular weight is 170 g/mol. The Bertz CT molecular complexity index is 119. The molecule has 1 saturated carbocycles. The number of nitrogens with zero attached hydrogens (tertiary/aromatic N) is 1. The fourth-order valence-corrected chi connectivity index (χ4v) is 1.78. The van der Waals surface area contributed by atoms with Crippen LogP contribution < -0.4 is 5.73 Å². The van der Waals surface area contributed by atoms with E-state index >= 15 is 0 Å². The second-order valence-corrected chi connectivity index (χ2v) is 4.13. The first-order valence-electron chi connectivity index (χ1n) is 5.20. The highest BCUT2D eigenvalue weighted by atomic mass is 15.1. The van der Waals surface area contributed by atoms with E-state index in [1.807, 2.05) is 0 Å². The monoisotopic (exact) mass is 170 g/mol. The molecular weight excluding hydrogens is 148 g/mol. The van der Waals surface area contributed by atoms with Crippen molar-refractivity contribution in [1.29, 1.82) is 0 Å². The minimum atomic E-state index is 0.324. The maximum Gasteiger partial charge on any atom is 0.0139 e. The van der Waals surface area contributed by atoms with Crippen molar-refractivity contribution < 1.29 is 0 Å². The Balaban J connectivity index is 2.15. The zero-order valence-corrected chi connectivity index (χ0v) is 8.42. The van der Waals surface area contributed by atoms with Crippen molar-refractivity contribution in [2.24, 2.45) is 11.7 Å². The van der Waals surface area contributed by atoms with Gasteiger partial charge in [0.15, 0.2) is 0 Å². The van der Waals surface area contributed by atoms with E-state index in [0.717, 1.165) is 19.0 Å². The third-order valence-corrected chi connectivity index (χ3v) is 2.73. The van der Waals surface area contributed by atoms with Gasteiger partial charge in [-0.2, -0.15) is 0 Å². The molecule has 2 heteroatoms. The summed E-state index contributed by atoms with van der Waals surface area (Å²) in [5, 5.41) is 0. The molecule has 1 rings (SSSR count). The molecule has 1 aliphatic carbocycles. The minimum Gasteiger partial charge on any atom is -0.327 e. The van der Waals surface area contributed by atoms with E-state index in [1.54, 1.807) is 0 Å². The quantitative estimate of drug-likeness (QED) is 0.677. The first-order valence-corrected chi connectivity index (χ1v) is 5.20. The van der Waals surface area contributed by atoms with Crippen LogP contribution in [0.1, 0.15) is 33.1 Å². The lowest BCUT2D eigenvalue weighted by atomic mass is 9.85. The Labute approximate surface area is 76.1 Å². The van der Waals surface area contributed by atoms with Crippen LogP contribution in [0.25, 0.3) is 0 Å². The summed E-state index contributed by atoms with van der Waals surface area (Å²) in [6.07, 6.45) is 4.32. The van der Waals surface area contributed by atoms with Crippen LogP contribution in [0.4, 0.5) is 0 Å². The lowest BCUT2D eigenvalue weighted by Gasteiger charge is -2.32. The second-order valence-electron chi connectivity index (χ2n) is 4.13. The summed E-state index contributed by atoms with van der Waals surface area (Å²) in [6, 6.07) is 0.324. The average Bonchev–Trinajstić information content (AvgIpc) is 1.93. The van der Waals surface area contributed by atoms with Crippen molar-refractivity contribution in [3.05, 3.63) is 0 Å². The highest BCUT2D eigenvalue weighted by Gasteiger charge is 2.20. The topological polar surface area (TPSA) is 29.3 Å². The molecule has 0 radical (unpaired) electrons. The molecule has 0 spiro atoms.